The summed E-state index contributed by atoms with van der Waals surface area (Å²) in [6.07, 6.45) is 0.220. The first kappa shape index (κ1) is 33.6. The lowest BCUT2D eigenvalue weighted by molar-refractivity contribution is -0.140. The van der Waals surface area contributed by atoms with Crippen molar-refractivity contribution in [2.45, 2.75) is 50.7 Å². The zero-order chi connectivity index (χ0) is 32.6. The molecule has 4 aromatic rings. The van der Waals surface area contributed by atoms with Gasteiger partial charge in [0.25, 0.3) is 10.0 Å². The molecule has 2 amide bonds. The van der Waals surface area contributed by atoms with Crippen LogP contribution in [0.4, 0.5) is 5.69 Å². The first-order chi connectivity index (χ1) is 21.5. The molecule has 4 rings (SSSR count). The zero-order valence-corrected chi connectivity index (χ0v) is 27.4. The van der Waals surface area contributed by atoms with Crippen LogP contribution in [0.5, 0.6) is 5.75 Å². The smallest absolute Gasteiger partial charge is 0.264 e. The number of methoxy groups -OCH3 is 1. The summed E-state index contributed by atoms with van der Waals surface area (Å²) in [5.74, 6) is -0.628. The van der Waals surface area contributed by atoms with Crippen molar-refractivity contribution in [1.29, 1.82) is 0 Å². The number of hydrogen-bond acceptors (Lipinski definition) is 5. The van der Waals surface area contributed by atoms with Crippen molar-refractivity contribution < 1.29 is 22.7 Å². The zero-order valence-electron chi connectivity index (χ0n) is 25.8. The van der Waals surface area contributed by atoms with Gasteiger partial charge < -0.3 is 15.0 Å². The highest BCUT2D eigenvalue weighted by Gasteiger charge is 2.35. The van der Waals surface area contributed by atoms with Crippen molar-refractivity contribution in [3.63, 3.8) is 0 Å². The number of benzene rings is 4. The van der Waals surface area contributed by atoms with E-state index in [-0.39, 0.29) is 41.2 Å². The number of carbonyl (C=O) groups is 2. The lowest BCUT2D eigenvalue weighted by Gasteiger charge is -2.34. The predicted molar refractivity (Wildman–Crippen MR) is 178 cm³/mol. The lowest BCUT2D eigenvalue weighted by atomic mass is 10.0. The number of ether oxygens (including phenoxy) is 1. The Kier molecular flexibility index (Phi) is 11.3. The second-order valence-electron chi connectivity index (χ2n) is 11.0. The third-order valence-electron chi connectivity index (χ3n) is 7.21. The highest BCUT2D eigenvalue weighted by Crippen LogP contribution is 2.33. The minimum Gasteiger partial charge on any atom is -0.495 e. The number of nitrogens with one attached hydrogen (secondary N) is 1. The largest absolute Gasteiger partial charge is 0.495 e. The monoisotopic (exact) mass is 647 g/mol. The number of para-hydroxylation sites is 2. The molecule has 0 heterocycles. The van der Waals surface area contributed by atoms with Gasteiger partial charge in [0.2, 0.25) is 11.8 Å². The van der Waals surface area contributed by atoms with E-state index >= 15 is 0 Å². The summed E-state index contributed by atoms with van der Waals surface area (Å²) in [7, 11) is -2.81. The predicted octanol–water partition coefficient (Wildman–Crippen LogP) is 6.02. The molecule has 1 atom stereocenters. The highest BCUT2D eigenvalue weighted by atomic mass is 35.5. The van der Waals surface area contributed by atoms with Crippen LogP contribution in [0, 0.1) is 6.92 Å². The number of aryl methyl sites for hydroxylation is 1. The van der Waals surface area contributed by atoms with Crippen LogP contribution >= 0.6 is 11.6 Å². The van der Waals surface area contributed by atoms with Crippen LogP contribution < -0.4 is 14.4 Å². The van der Waals surface area contributed by atoms with Crippen LogP contribution in [0.25, 0.3) is 0 Å². The summed E-state index contributed by atoms with van der Waals surface area (Å²) in [6, 6.07) is 28.3. The molecule has 0 unspecified atom stereocenters. The van der Waals surface area contributed by atoms with E-state index in [2.05, 4.69) is 5.32 Å². The number of carbonyl (C=O) groups excluding carboxylic acids is 2. The van der Waals surface area contributed by atoms with E-state index in [1.54, 1.807) is 60.7 Å². The van der Waals surface area contributed by atoms with Gasteiger partial charge in [-0.15, -0.1) is 0 Å². The van der Waals surface area contributed by atoms with E-state index in [4.69, 9.17) is 16.3 Å². The molecule has 236 valence electrons. The van der Waals surface area contributed by atoms with Gasteiger partial charge in [-0.05, 0) is 68.3 Å². The molecule has 0 aliphatic carbocycles. The molecule has 4 aromatic carbocycles. The van der Waals surface area contributed by atoms with Gasteiger partial charge in [-0.2, -0.15) is 0 Å². The van der Waals surface area contributed by atoms with E-state index in [1.165, 1.54) is 24.1 Å². The van der Waals surface area contributed by atoms with Crippen molar-refractivity contribution in [1.82, 2.24) is 10.2 Å². The SMILES string of the molecule is COc1ccccc1N(CC(=O)N(Cc1ccc(Cl)cc1)[C@H](Cc1ccccc1)C(=O)NC(C)C)S(=O)(=O)c1ccc(C)cc1. The molecule has 0 spiro atoms. The van der Waals surface area contributed by atoms with Crippen LogP contribution in [0.3, 0.4) is 0 Å². The molecule has 0 aromatic heterocycles. The van der Waals surface area contributed by atoms with Crippen molar-refractivity contribution >= 4 is 39.1 Å². The summed E-state index contributed by atoms with van der Waals surface area (Å²) >= 11 is 6.14. The van der Waals surface area contributed by atoms with Crippen LogP contribution in [0.2, 0.25) is 5.02 Å². The van der Waals surface area contributed by atoms with Gasteiger partial charge >= 0.3 is 0 Å². The van der Waals surface area contributed by atoms with E-state index in [1.807, 2.05) is 51.1 Å². The maximum atomic E-state index is 14.5. The Balaban J connectivity index is 1.83. The number of hydrogen-bond donors (Lipinski definition) is 1. The van der Waals surface area contributed by atoms with Crippen LogP contribution in [-0.4, -0.2) is 50.9 Å². The maximum absolute atomic E-state index is 14.5. The molecule has 0 aliphatic rings. The fourth-order valence-electron chi connectivity index (χ4n) is 4.91. The molecule has 8 nitrogen and oxygen atoms in total. The third-order valence-corrected chi connectivity index (χ3v) is 9.24. The Labute approximate surface area is 270 Å². The molecule has 1 N–H and O–H groups in total. The quantitative estimate of drug-likeness (QED) is 0.192. The van der Waals surface area contributed by atoms with Gasteiger partial charge in [0.15, 0.2) is 0 Å². The standard InChI is InChI=1S/C35H38ClN3O5S/c1-25(2)37-35(41)32(22-27-10-6-5-7-11-27)38(23-28-16-18-29(36)19-17-28)34(40)24-39(31-12-8-9-13-33(31)44-4)45(42,43)30-20-14-26(3)15-21-30/h5-21,25,32H,22-24H2,1-4H3,(H,37,41)/t32-/m1/s1. The molecule has 0 radical (unpaired) electrons. The summed E-state index contributed by atoms with van der Waals surface area (Å²) in [5.41, 5.74) is 2.67. The third kappa shape index (κ3) is 8.65. The number of rotatable bonds is 13. The molecule has 0 saturated heterocycles. The molecule has 0 aliphatic heterocycles. The fraction of sp³-hybridized carbons (Fsp3) is 0.257. The van der Waals surface area contributed by atoms with E-state index < -0.39 is 28.5 Å². The number of halogens is 1. The normalized spacial score (nSPS) is 12.0. The van der Waals surface area contributed by atoms with Gasteiger partial charge in [0.05, 0.1) is 17.7 Å². The molecule has 45 heavy (non-hydrogen) atoms. The second kappa shape index (κ2) is 15.1. The summed E-state index contributed by atoms with van der Waals surface area (Å²) < 4.78 is 35.0. The van der Waals surface area contributed by atoms with Crippen LogP contribution in [0.15, 0.2) is 108 Å². The van der Waals surface area contributed by atoms with Crippen molar-refractivity contribution in [3.8, 4) is 5.75 Å². The Morgan fingerprint density at radius 3 is 2.09 bits per heavy atom. The first-order valence-corrected chi connectivity index (χ1v) is 16.4. The van der Waals surface area contributed by atoms with Gasteiger partial charge in [0, 0.05) is 24.0 Å². The van der Waals surface area contributed by atoms with E-state index in [9.17, 15) is 18.0 Å². The summed E-state index contributed by atoms with van der Waals surface area (Å²) in [5, 5.41) is 3.48. The second-order valence-corrected chi connectivity index (χ2v) is 13.3. The van der Waals surface area contributed by atoms with Crippen LogP contribution in [-0.2, 0) is 32.6 Å². The Morgan fingerprint density at radius 2 is 1.47 bits per heavy atom. The van der Waals surface area contributed by atoms with E-state index in [0.29, 0.717) is 5.02 Å². The topological polar surface area (TPSA) is 96.0 Å². The van der Waals surface area contributed by atoms with Crippen molar-refractivity contribution in [2.24, 2.45) is 0 Å². The Morgan fingerprint density at radius 1 is 0.844 bits per heavy atom. The molecule has 0 bridgehead atoms. The number of anilines is 1. The summed E-state index contributed by atoms with van der Waals surface area (Å²) in [6.45, 7) is 5.02. The lowest BCUT2D eigenvalue weighted by Crippen LogP contribution is -2.54. The molecule has 0 saturated carbocycles. The molecular formula is C35H38ClN3O5S. The first-order valence-electron chi connectivity index (χ1n) is 14.6. The molecule has 10 heteroatoms. The Hall–Kier alpha value is -4.34. The highest BCUT2D eigenvalue weighted by molar-refractivity contribution is 7.92. The van der Waals surface area contributed by atoms with Gasteiger partial charge in [0.1, 0.15) is 18.3 Å². The van der Waals surface area contributed by atoms with Crippen LogP contribution in [0.1, 0.15) is 30.5 Å². The van der Waals surface area contributed by atoms with Crippen molar-refractivity contribution in [2.75, 3.05) is 18.0 Å². The van der Waals surface area contributed by atoms with Gasteiger partial charge in [-0.25, -0.2) is 8.42 Å². The number of nitrogens with zero attached hydrogens (tertiary/aromatic N) is 2. The van der Waals surface area contributed by atoms with Gasteiger partial charge in [-0.1, -0.05) is 83.9 Å². The Bertz CT molecular complexity index is 1700. The van der Waals surface area contributed by atoms with Gasteiger partial charge in [-0.3, -0.25) is 13.9 Å². The minimum absolute atomic E-state index is 0.0226. The minimum atomic E-state index is -4.25. The summed E-state index contributed by atoms with van der Waals surface area (Å²) in [4.78, 5) is 29.8. The maximum Gasteiger partial charge on any atom is 0.264 e. The van der Waals surface area contributed by atoms with Crippen molar-refractivity contribution in [3.05, 3.63) is 125 Å². The molecular weight excluding hydrogens is 610 g/mol. The number of amides is 2. The number of sulfonamides is 1. The van der Waals surface area contributed by atoms with E-state index in [0.717, 1.165) is 21.0 Å². The average molecular weight is 648 g/mol. The fourth-order valence-corrected chi connectivity index (χ4v) is 6.46. The average Bonchev–Trinajstić information content (AvgIpc) is 3.02. The molecule has 0 fully saturated rings.